The summed E-state index contributed by atoms with van der Waals surface area (Å²) in [5, 5.41) is 3.09. The van der Waals surface area contributed by atoms with Gasteiger partial charge in [-0.2, -0.15) is 0 Å². The molecule has 22 heavy (non-hydrogen) atoms. The normalized spacial score (nSPS) is 18.6. The number of anilines is 1. The first kappa shape index (κ1) is 19.3. The van der Waals surface area contributed by atoms with Gasteiger partial charge >= 0.3 is 0 Å². The zero-order valence-corrected chi connectivity index (χ0v) is 15.0. The van der Waals surface area contributed by atoms with Gasteiger partial charge in [0, 0.05) is 18.1 Å². The van der Waals surface area contributed by atoms with Gasteiger partial charge in [0.1, 0.15) is 0 Å². The summed E-state index contributed by atoms with van der Waals surface area (Å²) in [4.78, 5) is 14.9. The molecule has 1 aromatic carbocycles. The Hall–Kier alpha value is -0.770. The lowest BCUT2D eigenvalue weighted by molar-refractivity contribution is -0.122. The Morgan fingerprint density at radius 2 is 1.95 bits per heavy atom. The highest BCUT2D eigenvalue weighted by Gasteiger charge is 2.28. The first-order valence-corrected chi connectivity index (χ1v) is 8.33. The second-order valence-corrected chi connectivity index (χ2v) is 6.33. The number of carbonyl (C=O) groups is 1. The Balaban J connectivity index is 0.00000242. The van der Waals surface area contributed by atoms with Crippen molar-refractivity contribution in [3.05, 3.63) is 29.3 Å². The molecule has 0 bridgehead atoms. The van der Waals surface area contributed by atoms with Crippen LogP contribution in [0, 0.1) is 13.8 Å². The van der Waals surface area contributed by atoms with Gasteiger partial charge in [0.15, 0.2) is 0 Å². The smallest absolute Gasteiger partial charge is 0.241 e. The van der Waals surface area contributed by atoms with Crippen LogP contribution in [0.3, 0.4) is 0 Å². The molecule has 1 aromatic rings. The summed E-state index contributed by atoms with van der Waals surface area (Å²) in [5.74, 6) is 0.774. The molecule has 0 aromatic heterocycles. The fraction of sp³-hybridized carbons (Fsp3) is 0.588. The number of amides is 1. The van der Waals surface area contributed by atoms with Crippen molar-refractivity contribution in [3.63, 3.8) is 0 Å². The number of hydrogen-bond donors (Lipinski definition) is 1. The van der Waals surface area contributed by atoms with Crippen molar-refractivity contribution >= 4 is 35.6 Å². The highest BCUT2D eigenvalue weighted by molar-refractivity contribution is 6.17. The van der Waals surface area contributed by atoms with E-state index in [1.54, 1.807) is 0 Å². The van der Waals surface area contributed by atoms with Gasteiger partial charge in [-0.25, -0.2) is 0 Å². The first-order chi connectivity index (χ1) is 10.1. The lowest BCUT2D eigenvalue weighted by atomic mass is 10.0. The van der Waals surface area contributed by atoms with Crippen LogP contribution < -0.4 is 5.32 Å². The molecule has 1 saturated heterocycles. The van der Waals surface area contributed by atoms with E-state index in [0.717, 1.165) is 38.0 Å². The monoisotopic (exact) mass is 344 g/mol. The molecule has 1 aliphatic rings. The van der Waals surface area contributed by atoms with E-state index >= 15 is 0 Å². The quantitative estimate of drug-likeness (QED) is 0.813. The predicted molar refractivity (Wildman–Crippen MR) is 96.3 cm³/mol. The number of benzene rings is 1. The Bertz CT molecular complexity index is 473. The maximum atomic E-state index is 12.6. The summed E-state index contributed by atoms with van der Waals surface area (Å²) in [7, 11) is 0. The molecule has 0 saturated carbocycles. The van der Waals surface area contributed by atoms with E-state index in [2.05, 4.69) is 30.1 Å². The van der Waals surface area contributed by atoms with Crippen LogP contribution in [0.1, 0.15) is 36.8 Å². The van der Waals surface area contributed by atoms with Crippen molar-refractivity contribution < 1.29 is 4.79 Å². The minimum Gasteiger partial charge on any atom is -0.325 e. The molecule has 2 rings (SSSR count). The Morgan fingerprint density at radius 3 is 2.59 bits per heavy atom. The summed E-state index contributed by atoms with van der Waals surface area (Å²) in [6, 6.07) is 6.15. The zero-order chi connectivity index (χ0) is 15.2. The Labute approximate surface area is 144 Å². The van der Waals surface area contributed by atoms with E-state index in [9.17, 15) is 4.79 Å². The molecule has 1 fully saturated rings. The van der Waals surface area contributed by atoms with Crippen LogP contribution in [0.4, 0.5) is 5.69 Å². The van der Waals surface area contributed by atoms with Crippen LogP contribution in [-0.4, -0.2) is 35.8 Å². The number of aryl methyl sites for hydroxylation is 2. The van der Waals surface area contributed by atoms with Crippen molar-refractivity contribution in [1.82, 2.24) is 4.90 Å². The Kier molecular flexibility index (Phi) is 8.23. The van der Waals surface area contributed by atoms with Gasteiger partial charge in [0.05, 0.1) is 6.04 Å². The van der Waals surface area contributed by atoms with Gasteiger partial charge in [-0.3, -0.25) is 9.69 Å². The van der Waals surface area contributed by atoms with Crippen LogP contribution in [0.2, 0.25) is 0 Å². The SMILES string of the molecule is Cc1cc(C)cc(NC(=O)C2CCCCN2CCCCl)c1.Cl. The van der Waals surface area contributed by atoms with Crippen LogP contribution in [0.5, 0.6) is 0 Å². The number of likely N-dealkylation sites (tertiary alicyclic amines) is 1. The third-order valence-corrected chi connectivity index (χ3v) is 4.25. The molecule has 1 aliphatic heterocycles. The zero-order valence-electron chi connectivity index (χ0n) is 13.4. The number of halogens is 2. The standard InChI is InChI=1S/C17H25ClN2O.ClH/c1-13-10-14(2)12-15(11-13)19-17(21)16-6-3-4-8-20(16)9-5-7-18;/h10-12,16H,3-9H2,1-2H3,(H,19,21);1H. The molecular formula is C17H26Cl2N2O. The average molecular weight is 345 g/mol. The molecule has 3 nitrogen and oxygen atoms in total. The molecular weight excluding hydrogens is 319 g/mol. The predicted octanol–water partition coefficient (Wildman–Crippen LogP) is 4.15. The third-order valence-electron chi connectivity index (χ3n) is 3.98. The summed E-state index contributed by atoms with van der Waals surface area (Å²) >= 11 is 5.79. The van der Waals surface area contributed by atoms with Gasteiger partial charge in [-0.1, -0.05) is 12.5 Å². The van der Waals surface area contributed by atoms with E-state index in [1.807, 2.05) is 12.1 Å². The minimum atomic E-state index is -0.0113. The van der Waals surface area contributed by atoms with Crippen LogP contribution in [0.25, 0.3) is 0 Å². The molecule has 1 heterocycles. The van der Waals surface area contributed by atoms with Crippen LogP contribution >= 0.6 is 24.0 Å². The molecule has 1 amide bonds. The number of rotatable bonds is 5. The van der Waals surface area contributed by atoms with Crippen molar-refractivity contribution in [3.8, 4) is 0 Å². The second-order valence-electron chi connectivity index (χ2n) is 5.96. The van der Waals surface area contributed by atoms with E-state index < -0.39 is 0 Å². The van der Waals surface area contributed by atoms with Crippen molar-refractivity contribution in [2.45, 2.75) is 45.6 Å². The van der Waals surface area contributed by atoms with Crippen LogP contribution in [0.15, 0.2) is 18.2 Å². The lowest BCUT2D eigenvalue weighted by Gasteiger charge is -2.34. The van der Waals surface area contributed by atoms with Crippen molar-refractivity contribution in [2.24, 2.45) is 0 Å². The maximum Gasteiger partial charge on any atom is 0.241 e. The van der Waals surface area contributed by atoms with Gasteiger partial charge in [-0.15, -0.1) is 24.0 Å². The molecule has 1 atom stereocenters. The third kappa shape index (κ3) is 5.45. The van der Waals surface area contributed by atoms with E-state index in [-0.39, 0.29) is 24.4 Å². The van der Waals surface area contributed by atoms with Crippen LogP contribution in [-0.2, 0) is 4.79 Å². The van der Waals surface area contributed by atoms with Gasteiger partial charge in [0.2, 0.25) is 5.91 Å². The van der Waals surface area contributed by atoms with Gasteiger partial charge in [-0.05, 0) is 62.9 Å². The van der Waals surface area contributed by atoms with Gasteiger partial charge in [0.25, 0.3) is 0 Å². The summed E-state index contributed by atoms with van der Waals surface area (Å²) in [6.45, 7) is 6.02. The lowest BCUT2D eigenvalue weighted by Crippen LogP contribution is -2.47. The molecule has 124 valence electrons. The molecule has 1 unspecified atom stereocenters. The Morgan fingerprint density at radius 1 is 1.27 bits per heavy atom. The highest BCUT2D eigenvalue weighted by Crippen LogP contribution is 2.20. The summed E-state index contributed by atoms with van der Waals surface area (Å²) < 4.78 is 0. The van der Waals surface area contributed by atoms with Gasteiger partial charge < -0.3 is 5.32 Å². The fourth-order valence-corrected chi connectivity index (χ4v) is 3.21. The highest BCUT2D eigenvalue weighted by atomic mass is 35.5. The average Bonchev–Trinajstić information content (AvgIpc) is 2.44. The second kappa shape index (κ2) is 9.39. The van der Waals surface area contributed by atoms with Crippen molar-refractivity contribution in [1.29, 1.82) is 0 Å². The molecule has 0 radical (unpaired) electrons. The number of carbonyl (C=O) groups excluding carboxylic acids is 1. The van der Waals surface area contributed by atoms with Crippen molar-refractivity contribution in [2.75, 3.05) is 24.3 Å². The topological polar surface area (TPSA) is 32.3 Å². The minimum absolute atomic E-state index is 0. The number of nitrogens with zero attached hydrogens (tertiary/aromatic N) is 1. The molecule has 0 spiro atoms. The summed E-state index contributed by atoms with van der Waals surface area (Å²) in [6.07, 6.45) is 4.19. The van der Waals surface area contributed by atoms with E-state index in [0.29, 0.717) is 5.88 Å². The number of nitrogens with one attached hydrogen (secondary N) is 1. The summed E-state index contributed by atoms with van der Waals surface area (Å²) in [5.41, 5.74) is 3.25. The number of alkyl halides is 1. The fourth-order valence-electron chi connectivity index (χ4n) is 3.09. The number of piperidine rings is 1. The van der Waals surface area contributed by atoms with E-state index in [4.69, 9.17) is 11.6 Å². The molecule has 1 N–H and O–H groups in total. The molecule has 0 aliphatic carbocycles. The number of hydrogen-bond acceptors (Lipinski definition) is 2. The molecule has 5 heteroatoms. The largest absolute Gasteiger partial charge is 0.325 e. The van der Waals surface area contributed by atoms with E-state index in [1.165, 1.54) is 17.5 Å². The maximum absolute atomic E-state index is 12.6. The first-order valence-electron chi connectivity index (χ1n) is 7.79.